The standard InChI is InChI=1S/C10H12Cl2N2O3/c1-5(15)14-4-7(16)9(17)6-2-3-13-10(12)8(6)11/h2-3,7,9,16-17H,4H2,1H3,(H,14,15). The number of pyridine rings is 1. The second-order valence-corrected chi connectivity index (χ2v) is 4.19. The minimum Gasteiger partial charge on any atom is -0.388 e. The summed E-state index contributed by atoms with van der Waals surface area (Å²) in [5.41, 5.74) is 0.268. The summed E-state index contributed by atoms with van der Waals surface area (Å²) in [7, 11) is 0. The van der Waals surface area contributed by atoms with E-state index in [9.17, 15) is 15.0 Å². The zero-order valence-corrected chi connectivity index (χ0v) is 10.5. The molecule has 3 N–H and O–H groups in total. The van der Waals surface area contributed by atoms with Crippen LogP contribution in [0.15, 0.2) is 12.3 Å². The summed E-state index contributed by atoms with van der Waals surface area (Å²) in [6, 6.07) is 1.45. The molecule has 0 bridgehead atoms. The lowest BCUT2D eigenvalue weighted by atomic mass is 10.1. The molecule has 7 heteroatoms. The van der Waals surface area contributed by atoms with Crippen molar-refractivity contribution >= 4 is 29.1 Å². The van der Waals surface area contributed by atoms with E-state index >= 15 is 0 Å². The average Bonchev–Trinajstić information content (AvgIpc) is 2.28. The van der Waals surface area contributed by atoms with Crippen molar-refractivity contribution in [1.29, 1.82) is 0 Å². The molecule has 2 atom stereocenters. The quantitative estimate of drug-likeness (QED) is 0.716. The Bertz CT molecular complexity index is 415. The summed E-state index contributed by atoms with van der Waals surface area (Å²) in [6.07, 6.45) is -1.04. The van der Waals surface area contributed by atoms with Gasteiger partial charge in [-0.25, -0.2) is 4.98 Å². The monoisotopic (exact) mass is 278 g/mol. The molecule has 1 rings (SSSR count). The molecular weight excluding hydrogens is 267 g/mol. The summed E-state index contributed by atoms with van der Waals surface area (Å²) < 4.78 is 0. The minimum atomic E-state index is -1.24. The van der Waals surface area contributed by atoms with Crippen LogP contribution in [0.3, 0.4) is 0 Å². The smallest absolute Gasteiger partial charge is 0.216 e. The van der Waals surface area contributed by atoms with Gasteiger partial charge >= 0.3 is 0 Å². The molecule has 0 saturated carbocycles. The molecule has 0 spiro atoms. The first-order chi connectivity index (χ1) is 7.93. The zero-order valence-electron chi connectivity index (χ0n) is 9.02. The number of hydrogen-bond donors (Lipinski definition) is 3. The van der Waals surface area contributed by atoms with Gasteiger partial charge in [0.05, 0.1) is 5.02 Å². The van der Waals surface area contributed by atoms with Crippen molar-refractivity contribution in [3.05, 3.63) is 28.0 Å². The number of halogens is 2. The van der Waals surface area contributed by atoms with Gasteiger partial charge in [0.1, 0.15) is 17.4 Å². The lowest BCUT2D eigenvalue weighted by Gasteiger charge is -2.19. The molecule has 94 valence electrons. The van der Waals surface area contributed by atoms with Crippen molar-refractivity contribution in [2.24, 2.45) is 0 Å². The molecule has 5 nitrogen and oxygen atoms in total. The van der Waals surface area contributed by atoms with Crippen molar-refractivity contribution in [3.8, 4) is 0 Å². The highest BCUT2D eigenvalue weighted by molar-refractivity contribution is 6.41. The van der Waals surface area contributed by atoms with E-state index < -0.39 is 12.2 Å². The molecule has 2 unspecified atom stereocenters. The number of carbonyl (C=O) groups is 1. The Morgan fingerprint density at radius 3 is 2.76 bits per heavy atom. The number of aromatic nitrogens is 1. The van der Waals surface area contributed by atoms with E-state index in [-0.39, 0.29) is 28.2 Å². The molecule has 0 fully saturated rings. The van der Waals surface area contributed by atoms with Gasteiger partial charge in [-0.3, -0.25) is 4.79 Å². The van der Waals surface area contributed by atoms with E-state index in [0.717, 1.165) is 0 Å². The van der Waals surface area contributed by atoms with E-state index in [1.165, 1.54) is 19.2 Å². The summed E-state index contributed by atoms with van der Waals surface area (Å²) in [6.45, 7) is 1.24. The van der Waals surface area contributed by atoms with E-state index in [1.807, 2.05) is 0 Å². The highest BCUT2D eigenvalue weighted by atomic mass is 35.5. The van der Waals surface area contributed by atoms with Gasteiger partial charge in [-0.05, 0) is 6.07 Å². The van der Waals surface area contributed by atoms with Gasteiger partial charge in [0.15, 0.2) is 0 Å². The third-order valence-corrected chi connectivity index (χ3v) is 2.90. The molecule has 0 radical (unpaired) electrons. The number of aliphatic hydroxyl groups is 2. The van der Waals surface area contributed by atoms with Crippen molar-refractivity contribution < 1.29 is 15.0 Å². The second kappa shape index (κ2) is 6.16. The normalized spacial score (nSPS) is 14.2. The van der Waals surface area contributed by atoms with Crippen LogP contribution in [0.25, 0.3) is 0 Å². The predicted molar refractivity (Wildman–Crippen MR) is 63.9 cm³/mol. The van der Waals surface area contributed by atoms with Crippen LogP contribution < -0.4 is 5.32 Å². The maximum absolute atomic E-state index is 10.7. The van der Waals surface area contributed by atoms with Crippen molar-refractivity contribution in [1.82, 2.24) is 10.3 Å². The van der Waals surface area contributed by atoms with Gasteiger partial charge in [-0.1, -0.05) is 23.2 Å². The predicted octanol–water partition coefficient (Wildman–Crippen LogP) is 0.919. The third-order valence-electron chi connectivity index (χ3n) is 2.12. The topological polar surface area (TPSA) is 82.5 Å². The van der Waals surface area contributed by atoms with Crippen molar-refractivity contribution in [2.75, 3.05) is 6.54 Å². The van der Waals surface area contributed by atoms with Crippen LogP contribution >= 0.6 is 23.2 Å². The van der Waals surface area contributed by atoms with Crippen molar-refractivity contribution in [2.45, 2.75) is 19.1 Å². The highest BCUT2D eigenvalue weighted by Crippen LogP contribution is 2.29. The number of amides is 1. The van der Waals surface area contributed by atoms with Crippen LogP contribution in [0, 0.1) is 0 Å². The number of nitrogens with zero attached hydrogens (tertiary/aromatic N) is 1. The molecule has 1 aromatic rings. The summed E-state index contributed by atoms with van der Waals surface area (Å²) in [5.74, 6) is -0.296. The number of hydrogen-bond acceptors (Lipinski definition) is 4. The lowest BCUT2D eigenvalue weighted by Crippen LogP contribution is -2.34. The van der Waals surface area contributed by atoms with Gasteiger partial charge in [-0.2, -0.15) is 0 Å². The molecule has 0 saturated heterocycles. The third kappa shape index (κ3) is 3.81. The molecule has 1 amide bonds. The van der Waals surface area contributed by atoms with Crippen LogP contribution in [0.4, 0.5) is 0 Å². The van der Waals surface area contributed by atoms with Crippen molar-refractivity contribution in [3.63, 3.8) is 0 Å². The second-order valence-electron chi connectivity index (χ2n) is 3.45. The number of nitrogens with one attached hydrogen (secondary N) is 1. The summed E-state index contributed by atoms with van der Waals surface area (Å²) >= 11 is 11.5. The number of carbonyl (C=O) groups excluding carboxylic acids is 1. The molecular formula is C10H12Cl2N2O3. The Hall–Kier alpha value is -0.880. The first-order valence-corrected chi connectivity index (χ1v) is 5.59. The van der Waals surface area contributed by atoms with Crippen LogP contribution in [-0.2, 0) is 4.79 Å². The lowest BCUT2D eigenvalue weighted by molar-refractivity contribution is -0.119. The van der Waals surface area contributed by atoms with Crippen LogP contribution in [0.5, 0.6) is 0 Å². The largest absolute Gasteiger partial charge is 0.388 e. The first kappa shape index (κ1) is 14.2. The molecule has 1 heterocycles. The Morgan fingerprint density at radius 2 is 2.18 bits per heavy atom. The maximum atomic E-state index is 10.7. The van der Waals surface area contributed by atoms with Gasteiger partial charge < -0.3 is 15.5 Å². The molecule has 0 aliphatic rings. The molecule has 0 aliphatic carbocycles. The molecule has 1 aromatic heterocycles. The van der Waals surface area contributed by atoms with Crippen LogP contribution in [-0.4, -0.2) is 33.8 Å². The van der Waals surface area contributed by atoms with Gasteiger partial charge in [0, 0.05) is 25.2 Å². The highest BCUT2D eigenvalue weighted by Gasteiger charge is 2.22. The van der Waals surface area contributed by atoms with Gasteiger partial charge in [0.25, 0.3) is 0 Å². The van der Waals surface area contributed by atoms with E-state index in [2.05, 4.69) is 10.3 Å². The fraction of sp³-hybridized carbons (Fsp3) is 0.400. The van der Waals surface area contributed by atoms with E-state index in [4.69, 9.17) is 23.2 Å². The van der Waals surface area contributed by atoms with E-state index in [1.54, 1.807) is 0 Å². The fourth-order valence-corrected chi connectivity index (χ4v) is 1.62. The van der Waals surface area contributed by atoms with Gasteiger partial charge in [-0.15, -0.1) is 0 Å². The van der Waals surface area contributed by atoms with Gasteiger partial charge in [0.2, 0.25) is 5.91 Å². The molecule has 0 aromatic carbocycles. The number of aliphatic hydroxyl groups excluding tert-OH is 2. The first-order valence-electron chi connectivity index (χ1n) is 4.84. The van der Waals surface area contributed by atoms with Crippen LogP contribution in [0.2, 0.25) is 10.2 Å². The minimum absolute atomic E-state index is 0.0509. The SMILES string of the molecule is CC(=O)NCC(O)C(O)c1ccnc(Cl)c1Cl. The Balaban J connectivity index is 2.77. The Kier molecular flexibility index (Phi) is 5.14. The van der Waals surface area contributed by atoms with E-state index in [0.29, 0.717) is 0 Å². The maximum Gasteiger partial charge on any atom is 0.216 e. The Labute approximate surface area is 108 Å². The Morgan fingerprint density at radius 1 is 1.53 bits per heavy atom. The average molecular weight is 279 g/mol. The molecule has 17 heavy (non-hydrogen) atoms. The summed E-state index contributed by atoms with van der Waals surface area (Å²) in [5, 5.41) is 22.0. The van der Waals surface area contributed by atoms with Crippen LogP contribution in [0.1, 0.15) is 18.6 Å². The molecule has 0 aliphatic heterocycles. The number of rotatable bonds is 4. The summed E-state index contributed by atoms with van der Waals surface area (Å²) in [4.78, 5) is 14.4. The zero-order chi connectivity index (χ0) is 13.0. The fourth-order valence-electron chi connectivity index (χ4n) is 1.23.